The minimum absolute atomic E-state index is 0.126. The van der Waals surface area contributed by atoms with Gasteiger partial charge in [0.05, 0.1) is 7.11 Å². The van der Waals surface area contributed by atoms with Crippen molar-refractivity contribution in [3.8, 4) is 0 Å². The minimum atomic E-state index is -0.603. The van der Waals surface area contributed by atoms with Gasteiger partial charge >= 0.3 is 5.97 Å². The van der Waals surface area contributed by atoms with Crippen LogP contribution in [0.3, 0.4) is 0 Å². The summed E-state index contributed by atoms with van der Waals surface area (Å²) in [5.41, 5.74) is 0. The lowest BCUT2D eigenvalue weighted by Gasteiger charge is -2.09. The molecular formula is C9H12O5. The molecule has 0 saturated carbocycles. The van der Waals surface area contributed by atoms with Gasteiger partial charge in [-0.3, -0.25) is 0 Å². The molecular weight excluding hydrogens is 188 g/mol. The smallest absolute Gasteiger partial charge is 0.373 e. The lowest BCUT2D eigenvalue weighted by Crippen LogP contribution is -2.02. The molecule has 1 aromatic rings. The van der Waals surface area contributed by atoms with Gasteiger partial charge in [-0.2, -0.15) is 0 Å². The largest absolute Gasteiger partial charge is 0.463 e. The van der Waals surface area contributed by atoms with Crippen LogP contribution in [0.4, 0.5) is 0 Å². The lowest BCUT2D eigenvalue weighted by molar-refractivity contribution is -0.118. The van der Waals surface area contributed by atoms with Crippen LogP contribution in [0.15, 0.2) is 16.5 Å². The van der Waals surface area contributed by atoms with Gasteiger partial charge in [-0.15, -0.1) is 0 Å². The Hall–Kier alpha value is -1.33. The van der Waals surface area contributed by atoms with E-state index >= 15 is 0 Å². The van der Waals surface area contributed by atoms with Crippen molar-refractivity contribution in [3.63, 3.8) is 0 Å². The predicted octanol–water partition coefficient (Wildman–Crippen LogP) is 1.36. The number of methoxy groups -OCH3 is 3. The molecule has 1 aromatic heterocycles. The molecule has 1 heterocycles. The highest BCUT2D eigenvalue weighted by atomic mass is 16.7. The Morgan fingerprint density at radius 1 is 1.29 bits per heavy atom. The highest BCUT2D eigenvalue weighted by molar-refractivity contribution is 5.86. The molecule has 1 rings (SSSR count). The summed E-state index contributed by atoms with van der Waals surface area (Å²) in [5, 5.41) is 0. The van der Waals surface area contributed by atoms with Gasteiger partial charge in [0.1, 0.15) is 0 Å². The van der Waals surface area contributed by atoms with E-state index in [1.807, 2.05) is 0 Å². The predicted molar refractivity (Wildman–Crippen MR) is 46.8 cm³/mol. The average molecular weight is 200 g/mol. The first-order valence-electron chi connectivity index (χ1n) is 3.96. The Morgan fingerprint density at radius 2 is 1.93 bits per heavy atom. The van der Waals surface area contributed by atoms with E-state index in [0.717, 1.165) is 0 Å². The Kier molecular flexibility index (Phi) is 3.67. The van der Waals surface area contributed by atoms with Gasteiger partial charge in [0.15, 0.2) is 5.76 Å². The van der Waals surface area contributed by atoms with Crippen LogP contribution < -0.4 is 0 Å². The van der Waals surface area contributed by atoms with Crippen LogP contribution in [0.25, 0.3) is 0 Å². The zero-order valence-electron chi connectivity index (χ0n) is 8.27. The summed E-state index contributed by atoms with van der Waals surface area (Å²) in [4.78, 5) is 11.0. The molecule has 0 unspecified atom stereocenters. The molecule has 0 bridgehead atoms. The third kappa shape index (κ3) is 2.12. The molecule has 14 heavy (non-hydrogen) atoms. The molecule has 0 N–H and O–H groups in total. The molecule has 0 aromatic carbocycles. The summed E-state index contributed by atoms with van der Waals surface area (Å²) in [6.45, 7) is 0. The monoisotopic (exact) mass is 200 g/mol. The summed E-state index contributed by atoms with van der Waals surface area (Å²) >= 11 is 0. The maximum absolute atomic E-state index is 11.0. The minimum Gasteiger partial charge on any atom is -0.463 e. The summed E-state index contributed by atoms with van der Waals surface area (Å²) in [7, 11) is 4.25. The molecule has 0 aliphatic rings. The molecule has 0 aliphatic carbocycles. The number of carbonyl (C=O) groups is 1. The number of ether oxygens (including phenoxy) is 3. The van der Waals surface area contributed by atoms with Crippen LogP contribution in [-0.2, 0) is 14.2 Å². The fourth-order valence-electron chi connectivity index (χ4n) is 1.02. The van der Waals surface area contributed by atoms with Gasteiger partial charge in [-0.25, -0.2) is 4.79 Å². The summed E-state index contributed by atoms with van der Waals surface area (Å²) in [6, 6.07) is 3.11. The second-order valence-electron chi connectivity index (χ2n) is 2.50. The number of carbonyl (C=O) groups excluding carboxylic acids is 1. The molecule has 78 valence electrons. The average Bonchev–Trinajstić information content (AvgIpc) is 2.68. The third-order valence-corrected chi connectivity index (χ3v) is 1.67. The van der Waals surface area contributed by atoms with E-state index in [0.29, 0.717) is 5.76 Å². The standard InChI is InChI=1S/C9H12O5/c1-11-8(10)6-4-5-7(14-6)9(12-2)13-3/h4-5,9H,1-3H3. The van der Waals surface area contributed by atoms with Crippen molar-refractivity contribution in [2.75, 3.05) is 21.3 Å². The van der Waals surface area contributed by atoms with Crippen LogP contribution in [0.5, 0.6) is 0 Å². The lowest BCUT2D eigenvalue weighted by atomic mass is 10.4. The van der Waals surface area contributed by atoms with Gasteiger partial charge in [0.2, 0.25) is 12.1 Å². The first-order valence-corrected chi connectivity index (χ1v) is 3.96. The second kappa shape index (κ2) is 4.78. The van der Waals surface area contributed by atoms with Crippen molar-refractivity contribution in [2.45, 2.75) is 6.29 Å². The van der Waals surface area contributed by atoms with Crippen LogP contribution in [0.1, 0.15) is 22.6 Å². The highest BCUT2D eigenvalue weighted by Gasteiger charge is 2.17. The van der Waals surface area contributed by atoms with E-state index in [9.17, 15) is 4.79 Å². The Labute approximate surface area is 81.6 Å². The van der Waals surface area contributed by atoms with Crippen LogP contribution >= 0.6 is 0 Å². The molecule has 0 saturated heterocycles. The zero-order valence-corrected chi connectivity index (χ0v) is 8.27. The van der Waals surface area contributed by atoms with Crippen molar-refractivity contribution < 1.29 is 23.4 Å². The normalized spacial score (nSPS) is 10.6. The molecule has 5 heteroatoms. The number of hydrogen-bond donors (Lipinski definition) is 0. The molecule has 0 atom stereocenters. The van der Waals surface area contributed by atoms with Gasteiger partial charge in [-0.1, -0.05) is 0 Å². The van der Waals surface area contributed by atoms with Crippen LogP contribution in [0, 0.1) is 0 Å². The van der Waals surface area contributed by atoms with Gasteiger partial charge in [0.25, 0.3) is 0 Å². The second-order valence-corrected chi connectivity index (χ2v) is 2.50. The topological polar surface area (TPSA) is 57.9 Å². The van der Waals surface area contributed by atoms with E-state index in [2.05, 4.69) is 4.74 Å². The summed E-state index contributed by atoms with van der Waals surface area (Å²) in [6.07, 6.45) is -0.603. The fourth-order valence-corrected chi connectivity index (χ4v) is 1.02. The first kappa shape index (κ1) is 10.7. The zero-order chi connectivity index (χ0) is 10.6. The van der Waals surface area contributed by atoms with E-state index in [-0.39, 0.29) is 5.76 Å². The molecule has 5 nitrogen and oxygen atoms in total. The number of esters is 1. The van der Waals surface area contributed by atoms with E-state index in [4.69, 9.17) is 13.9 Å². The van der Waals surface area contributed by atoms with Crippen molar-refractivity contribution in [2.24, 2.45) is 0 Å². The van der Waals surface area contributed by atoms with E-state index in [1.165, 1.54) is 27.4 Å². The van der Waals surface area contributed by atoms with Gasteiger partial charge < -0.3 is 18.6 Å². The van der Waals surface area contributed by atoms with Crippen LogP contribution in [0.2, 0.25) is 0 Å². The quantitative estimate of drug-likeness (QED) is 0.542. The Balaban J connectivity index is 2.81. The van der Waals surface area contributed by atoms with E-state index in [1.54, 1.807) is 6.07 Å². The Morgan fingerprint density at radius 3 is 2.43 bits per heavy atom. The van der Waals surface area contributed by atoms with Gasteiger partial charge in [0, 0.05) is 14.2 Å². The molecule has 0 aliphatic heterocycles. The Bertz CT molecular complexity index is 300. The highest BCUT2D eigenvalue weighted by Crippen LogP contribution is 2.20. The maximum atomic E-state index is 11.0. The number of furan rings is 1. The molecule has 0 amide bonds. The number of hydrogen-bond acceptors (Lipinski definition) is 5. The summed E-state index contributed by atoms with van der Waals surface area (Å²) < 4.78 is 19.5. The molecule has 0 spiro atoms. The SMILES string of the molecule is COC(=O)c1ccc(C(OC)OC)o1. The van der Waals surface area contributed by atoms with Crippen molar-refractivity contribution in [1.29, 1.82) is 0 Å². The van der Waals surface area contributed by atoms with Crippen LogP contribution in [-0.4, -0.2) is 27.3 Å². The number of rotatable bonds is 4. The molecule has 0 fully saturated rings. The van der Waals surface area contributed by atoms with Crippen molar-refractivity contribution >= 4 is 5.97 Å². The molecule has 0 radical (unpaired) electrons. The third-order valence-electron chi connectivity index (χ3n) is 1.67. The maximum Gasteiger partial charge on any atom is 0.373 e. The van der Waals surface area contributed by atoms with Crippen molar-refractivity contribution in [1.82, 2.24) is 0 Å². The van der Waals surface area contributed by atoms with Crippen molar-refractivity contribution in [3.05, 3.63) is 23.7 Å². The summed E-state index contributed by atoms with van der Waals surface area (Å²) in [5.74, 6) is 0.0270. The first-order chi connectivity index (χ1) is 6.72. The fraction of sp³-hybridized carbons (Fsp3) is 0.444. The van der Waals surface area contributed by atoms with E-state index < -0.39 is 12.3 Å². The van der Waals surface area contributed by atoms with Gasteiger partial charge in [-0.05, 0) is 12.1 Å².